The van der Waals surface area contributed by atoms with Gasteiger partial charge >= 0.3 is 5.97 Å². The Morgan fingerprint density at radius 1 is 1.12 bits per heavy atom. The van der Waals surface area contributed by atoms with Gasteiger partial charge in [-0.1, -0.05) is 27.7 Å². The molecule has 3 N–H and O–H groups in total. The molecule has 0 aromatic rings. The highest BCUT2D eigenvalue weighted by molar-refractivity contribution is 5.73. The lowest BCUT2D eigenvalue weighted by molar-refractivity contribution is -0.143. The minimum atomic E-state index is -0.806. The average molecular weight is 244 g/mol. The van der Waals surface area contributed by atoms with Crippen LogP contribution in [0.4, 0.5) is 0 Å². The average Bonchev–Trinajstić information content (AvgIpc) is 2.21. The first-order valence-electron chi connectivity index (χ1n) is 6.55. The van der Waals surface area contributed by atoms with Gasteiger partial charge in [0.2, 0.25) is 0 Å². The van der Waals surface area contributed by atoms with Gasteiger partial charge in [0.05, 0.1) is 0 Å². The van der Waals surface area contributed by atoms with E-state index in [4.69, 9.17) is 10.8 Å². The smallest absolute Gasteiger partial charge is 0.322 e. The number of nitrogens with zero attached hydrogens (tertiary/aromatic N) is 1. The standard InChI is InChI=1S/C13H28N2O2/c1-10(2)5-7-15(8-6-11(3)4)12(9-14)13(16)17/h10-12H,5-9,14H2,1-4H3,(H,16,17). The van der Waals surface area contributed by atoms with Crippen LogP contribution in [0.25, 0.3) is 0 Å². The summed E-state index contributed by atoms with van der Waals surface area (Å²) in [6, 6.07) is -0.535. The topological polar surface area (TPSA) is 66.6 Å². The quantitative estimate of drug-likeness (QED) is 0.649. The molecule has 0 fully saturated rings. The highest BCUT2D eigenvalue weighted by atomic mass is 16.4. The molecule has 0 aliphatic carbocycles. The molecule has 102 valence electrons. The lowest BCUT2D eigenvalue weighted by Gasteiger charge is -2.29. The fourth-order valence-corrected chi connectivity index (χ4v) is 1.68. The lowest BCUT2D eigenvalue weighted by atomic mass is 10.1. The lowest BCUT2D eigenvalue weighted by Crippen LogP contribution is -2.47. The van der Waals surface area contributed by atoms with Crippen LogP contribution in [0.2, 0.25) is 0 Å². The summed E-state index contributed by atoms with van der Waals surface area (Å²) < 4.78 is 0. The van der Waals surface area contributed by atoms with Crippen molar-refractivity contribution in [3.63, 3.8) is 0 Å². The van der Waals surface area contributed by atoms with E-state index < -0.39 is 12.0 Å². The van der Waals surface area contributed by atoms with Crippen LogP contribution in [0, 0.1) is 11.8 Å². The minimum absolute atomic E-state index is 0.186. The fourth-order valence-electron chi connectivity index (χ4n) is 1.68. The second-order valence-corrected chi connectivity index (χ2v) is 5.49. The summed E-state index contributed by atoms with van der Waals surface area (Å²) >= 11 is 0. The van der Waals surface area contributed by atoms with E-state index in [0.29, 0.717) is 11.8 Å². The second kappa shape index (κ2) is 8.48. The van der Waals surface area contributed by atoms with Crippen molar-refractivity contribution >= 4 is 5.97 Å². The van der Waals surface area contributed by atoms with Gasteiger partial charge < -0.3 is 10.8 Å². The normalized spacial score (nSPS) is 13.6. The van der Waals surface area contributed by atoms with Gasteiger partial charge in [-0.15, -0.1) is 0 Å². The highest BCUT2D eigenvalue weighted by Gasteiger charge is 2.23. The Hall–Kier alpha value is -0.610. The summed E-state index contributed by atoms with van der Waals surface area (Å²) in [6.45, 7) is 10.4. The van der Waals surface area contributed by atoms with Crippen molar-refractivity contribution in [2.24, 2.45) is 17.6 Å². The number of aliphatic carboxylic acids is 1. The molecule has 0 spiro atoms. The summed E-state index contributed by atoms with van der Waals surface area (Å²) in [6.07, 6.45) is 2.03. The molecule has 4 nitrogen and oxygen atoms in total. The molecule has 4 heteroatoms. The van der Waals surface area contributed by atoms with E-state index in [-0.39, 0.29) is 6.54 Å². The predicted molar refractivity (Wildman–Crippen MR) is 71.0 cm³/mol. The fraction of sp³-hybridized carbons (Fsp3) is 0.923. The number of rotatable bonds is 9. The van der Waals surface area contributed by atoms with E-state index >= 15 is 0 Å². The largest absolute Gasteiger partial charge is 0.480 e. The van der Waals surface area contributed by atoms with Crippen LogP contribution in [-0.4, -0.2) is 41.7 Å². The van der Waals surface area contributed by atoms with E-state index in [2.05, 4.69) is 27.7 Å². The molecule has 0 aromatic heterocycles. The highest BCUT2D eigenvalue weighted by Crippen LogP contribution is 2.09. The molecule has 0 aliphatic heterocycles. The van der Waals surface area contributed by atoms with Gasteiger partial charge in [0, 0.05) is 6.54 Å². The monoisotopic (exact) mass is 244 g/mol. The first kappa shape index (κ1) is 16.4. The Morgan fingerprint density at radius 3 is 1.76 bits per heavy atom. The van der Waals surface area contributed by atoms with Crippen molar-refractivity contribution in [2.45, 2.75) is 46.6 Å². The number of carboxylic acids is 1. The molecule has 0 aliphatic rings. The predicted octanol–water partition coefficient (Wildman–Crippen LogP) is 1.79. The number of nitrogens with two attached hydrogens (primary N) is 1. The Kier molecular flexibility index (Phi) is 8.17. The summed E-state index contributed by atoms with van der Waals surface area (Å²) in [5.41, 5.74) is 5.56. The zero-order chi connectivity index (χ0) is 13.4. The van der Waals surface area contributed by atoms with Crippen LogP contribution in [-0.2, 0) is 4.79 Å². The number of hydrogen-bond donors (Lipinski definition) is 2. The molecule has 0 radical (unpaired) electrons. The third-order valence-corrected chi connectivity index (χ3v) is 2.94. The molecule has 0 heterocycles. The third kappa shape index (κ3) is 7.34. The van der Waals surface area contributed by atoms with Crippen LogP contribution in [0.1, 0.15) is 40.5 Å². The van der Waals surface area contributed by atoms with Crippen molar-refractivity contribution in [3.05, 3.63) is 0 Å². The van der Waals surface area contributed by atoms with Crippen LogP contribution >= 0.6 is 0 Å². The Labute approximate surface area is 105 Å². The van der Waals surface area contributed by atoms with E-state index in [1.54, 1.807) is 0 Å². The van der Waals surface area contributed by atoms with Gasteiger partial charge in [0.15, 0.2) is 0 Å². The molecule has 17 heavy (non-hydrogen) atoms. The van der Waals surface area contributed by atoms with Crippen molar-refractivity contribution in [3.8, 4) is 0 Å². The zero-order valence-corrected chi connectivity index (χ0v) is 11.6. The molecular formula is C13H28N2O2. The molecule has 0 amide bonds. The van der Waals surface area contributed by atoms with Gasteiger partial charge in [-0.05, 0) is 37.8 Å². The maximum absolute atomic E-state index is 11.1. The first-order chi connectivity index (χ1) is 7.88. The molecule has 0 aromatic carbocycles. The summed E-state index contributed by atoms with van der Waals surface area (Å²) in [7, 11) is 0. The molecule has 1 unspecified atom stereocenters. The summed E-state index contributed by atoms with van der Waals surface area (Å²) in [5.74, 6) is 0.368. The van der Waals surface area contributed by atoms with Gasteiger partial charge in [-0.2, -0.15) is 0 Å². The van der Waals surface area contributed by atoms with E-state index in [1.807, 2.05) is 4.90 Å². The Bertz CT molecular complexity index is 205. The van der Waals surface area contributed by atoms with Crippen molar-refractivity contribution in [2.75, 3.05) is 19.6 Å². The molecule has 0 saturated carbocycles. The van der Waals surface area contributed by atoms with Gasteiger partial charge in [0.25, 0.3) is 0 Å². The molecule has 0 bridgehead atoms. The van der Waals surface area contributed by atoms with Crippen LogP contribution in [0.15, 0.2) is 0 Å². The summed E-state index contributed by atoms with van der Waals surface area (Å²) in [4.78, 5) is 13.2. The van der Waals surface area contributed by atoms with Crippen molar-refractivity contribution in [1.29, 1.82) is 0 Å². The van der Waals surface area contributed by atoms with E-state index in [1.165, 1.54) is 0 Å². The van der Waals surface area contributed by atoms with E-state index in [9.17, 15) is 4.79 Å². The van der Waals surface area contributed by atoms with Gasteiger partial charge in [-0.3, -0.25) is 9.69 Å². The molecular weight excluding hydrogens is 216 g/mol. The van der Waals surface area contributed by atoms with Crippen LogP contribution in [0.3, 0.4) is 0 Å². The first-order valence-corrected chi connectivity index (χ1v) is 6.55. The third-order valence-electron chi connectivity index (χ3n) is 2.94. The molecule has 1 atom stereocenters. The maximum atomic E-state index is 11.1. The Morgan fingerprint density at radius 2 is 1.53 bits per heavy atom. The zero-order valence-electron chi connectivity index (χ0n) is 11.6. The number of carbonyl (C=O) groups is 1. The number of hydrogen-bond acceptors (Lipinski definition) is 3. The van der Waals surface area contributed by atoms with Crippen LogP contribution in [0.5, 0.6) is 0 Å². The van der Waals surface area contributed by atoms with Crippen molar-refractivity contribution < 1.29 is 9.90 Å². The van der Waals surface area contributed by atoms with E-state index in [0.717, 1.165) is 25.9 Å². The molecule has 0 rings (SSSR count). The van der Waals surface area contributed by atoms with Crippen molar-refractivity contribution in [1.82, 2.24) is 4.90 Å². The second-order valence-electron chi connectivity index (χ2n) is 5.49. The number of carboxylic acid groups (broad SMARTS) is 1. The minimum Gasteiger partial charge on any atom is -0.480 e. The Balaban J connectivity index is 4.40. The molecule has 0 saturated heterocycles. The summed E-state index contributed by atoms with van der Waals surface area (Å²) in [5, 5.41) is 9.15. The SMILES string of the molecule is CC(C)CCN(CCC(C)C)C(CN)C(=O)O. The maximum Gasteiger partial charge on any atom is 0.322 e. The van der Waals surface area contributed by atoms with Gasteiger partial charge in [-0.25, -0.2) is 0 Å². The van der Waals surface area contributed by atoms with Crippen LogP contribution < -0.4 is 5.73 Å². The van der Waals surface area contributed by atoms with Gasteiger partial charge in [0.1, 0.15) is 6.04 Å².